The average Bonchev–Trinajstić information content (AvgIpc) is 4.16. The number of imidazole rings is 2. The second-order valence-corrected chi connectivity index (χ2v) is 27.0. The fourth-order valence-electron chi connectivity index (χ4n) is 14.5. The number of H-pyrrole nitrogens is 2. The fraction of sp³-hybridized carbons (Fsp3) is 0.467. The summed E-state index contributed by atoms with van der Waals surface area (Å²) in [4.78, 5) is 78.4. The zero-order valence-corrected chi connectivity index (χ0v) is 49.1. The number of rotatable bonds is 13. The second kappa shape index (κ2) is 19.4. The van der Waals surface area contributed by atoms with Crippen molar-refractivity contribution in [3.63, 3.8) is 0 Å². The fourth-order valence-corrected chi connectivity index (χ4v) is 14.5. The van der Waals surface area contributed by atoms with Gasteiger partial charge in [-0.2, -0.15) is 0 Å². The molecule has 0 unspecified atom stereocenters. The third-order valence-corrected chi connectivity index (χ3v) is 19.6. The van der Waals surface area contributed by atoms with Crippen molar-refractivity contribution in [2.45, 2.75) is 112 Å². The first-order valence-corrected chi connectivity index (χ1v) is 27.3. The number of hydrogen-bond acceptors (Lipinski definition) is 9. The molecule has 3 aliphatic rings. The van der Waals surface area contributed by atoms with Gasteiger partial charge in [-0.15, -0.1) is 20.5 Å². The minimum atomic E-state index is -1.35. The molecule has 8 rings (SSSR count). The quantitative estimate of drug-likeness (QED) is 0.0834. The Labute approximate surface area is 463 Å². The number of aromatic nitrogens is 4. The van der Waals surface area contributed by atoms with Gasteiger partial charge in [0, 0.05) is 23.0 Å². The Bertz CT molecular complexity index is 3110. The molecule has 4 N–H and O–H groups in total. The van der Waals surface area contributed by atoms with E-state index in [9.17, 15) is 9.59 Å². The molecular formula is C45H70B16N8O7. The minimum Gasteiger partial charge on any atom is -0.488 e. The molecular weight excluding hydrogens is 938 g/mol. The molecule has 2 fully saturated rings. The van der Waals surface area contributed by atoms with Crippen molar-refractivity contribution in [3.05, 3.63) is 65.9 Å². The van der Waals surface area contributed by atoms with Gasteiger partial charge >= 0.3 is 12.2 Å². The van der Waals surface area contributed by atoms with Crippen LogP contribution in [0, 0.1) is 0 Å². The Kier molecular flexibility index (Phi) is 14.6. The van der Waals surface area contributed by atoms with Crippen LogP contribution in [0.25, 0.3) is 44.2 Å². The van der Waals surface area contributed by atoms with Gasteiger partial charge in [0.1, 0.15) is 55.4 Å². The lowest BCUT2D eigenvalue weighted by Gasteiger charge is -2.63. The van der Waals surface area contributed by atoms with Gasteiger partial charge in [0.25, 0.3) is 0 Å². The van der Waals surface area contributed by atoms with Crippen molar-refractivity contribution < 1.29 is 33.4 Å². The van der Waals surface area contributed by atoms with Gasteiger partial charge in [0.15, 0.2) is 0 Å². The first kappa shape index (κ1) is 57.1. The van der Waals surface area contributed by atoms with Crippen molar-refractivity contribution in [2.24, 2.45) is 0 Å². The monoisotopic (exact) mass is 1010 g/mol. The molecule has 380 valence electrons. The van der Waals surface area contributed by atoms with Crippen LogP contribution in [0.15, 0.2) is 48.7 Å². The summed E-state index contributed by atoms with van der Waals surface area (Å²) in [7, 11) is 36.1. The van der Waals surface area contributed by atoms with Crippen LogP contribution < -0.4 is 15.4 Å². The molecule has 0 spiro atoms. The van der Waals surface area contributed by atoms with Crippen LogP contribution in [-0.2, 0) is 25.7 Å². The second-order valence-electron chi connectivity index (χ2n) is 27.0. The number of carbonyl (C=O) groups excluding carboxylic acids is 4. The molecule has 3 aromatic carbocycles. The summed E-state index contributed by atoms with van der Waals surface area (Å²) in [5.74, 6) is 1.83. The molecule has 31 heteroatoms. The van der Waals surface area contributed by atoms with Crippen LogP contribution in [0.1, 0.15) is 68.8 Å². The number of nitrogens with one attached hydrogen (secondary N) is 4. The Hall–Kier alpha value is -5.08. The lowest BCUT2D eigenvalue weighted by atomic mass is 9.11. The van der Waals surface area contributed by atoms with Crippen molar-refractivity contribution in [1.82, 2.24) is 40.4 Å². The molecule has 15 nitrogen and oxygen atoms in total. The molecule has 2 saturated heterocycles. The number of benzene rings is 3. The van der Waals surface area contributed by atoms with Crippen LogP contribution in [0.2, 0.25) is 31.1 Å². The van der Waals surface area contributed by atoms with E-state index in [2.05, 4.69) is 181 Å². The molecule has 2 aromatic heterocycles. The van der Waals surface area contributed by atoms with E-state index < -0.39 is 54.1 Å². The van der Waals surface area contributed by atoms with E-state index in [1.807, 2.05) is 37.8 Å². The molecule has 0 bridgehead atoms. The Balaban J connectivity index is 1.09. The van der Waals surface area contributed by atoms with E-state index in [1.165, 1.54) is 14.2 Å². The van der Waals surface area contributed by atoms with Gasteiger partial charge in [-0.25, -0.2) is 19.6 Å². The van der Waals surface area contributed by atoms with Crippen molar-refractivity contribution >= 4 is 171 Å². The summed E-state index contributed by atoms with van der Waals surface area (Å²) in [5.41, 5.74) is 3.84. The molecule has 5 aromatic rings. The summed E-state index contributed by atoms with van der Waals surface area (Å²) >= 11 is 0. The third kappa shape index (κ3) is 8.91. The van der Waals surface area contributed by atoms with Crippen LogP contribution in [0.3, 0.4) is 0 Å². The topological polar surface area (TPSA) is 184 Å². The zero-order chi connectivity index (χ0) is 56.3. The molecule has 4 amide bonds. The number of amides is 4. The highest BCUT2D eigenvalue weighted by atomic mass is 16.5. The van der Waals surface area contributed by atoms with Gasteiger partial charge in [-0.3, -0.25) is 9.59 Å². The van der Waals surface area contributed by atoms with Gasteiger partial charge in [0.2, 0.25) is 11.8 Å². The van der Waals surface area contributed by atoms with Crippen molar-refractivity contribution in [2.75, 3.05) is 14.2 Å². The highest BCUT2D eigenvalue weighted by molar-refractivity contribution is 6.72. The van der Waals surface area contributed by atoms with E-state index in [0.717, 1.165) is 68.3 Å². The summed E-state index contributed by atoms with van der Waals surface area (Å²) in [6, 6.07) is 13.9. The molecule has 5 heterocycles. The molecule has 0 aliphatic carbocycles. The maximum Gasteiger partial charge on any atom is 0.407 e. The first-order valence-electron chi connectivity index (χ1n) is 27.3. The van der Waals surface area contributed by atoms with Crippen molar-refractivity contribution in [3.8, 4) is 28.1 Å². The van der Waals surface area contributed by atoms with Crippen LogP contribution >= 0.6 is 0 Å². The first-order chi connectivity index (χ1) is 35.1. The largest absolute Gasteiger partial charge is 0.488 e. The Morgan fingerprint density at radius 1 is 0.632 bits per heavy atom. The average molecular weight is 1010 g/mol. The SMILES string of the molecule is BC(B)(B)C(B)(C(B)(B)B)[C@](B)(NC(=O)OC)C(=O)N1[C@@H](C)CC[C@H]1c1ncc(-c2ccc3c(c2)COc2cc4c(ccc5nc([C@@H]6CC[C@H](C)N6C(=O)[C@@](B)(NC(=O)OC)C(B)(C(B)(B)B)C(B)(B)B)[nH]c54)cc2-3)[nH]1. The number of nitrogens with zero attached hydrogens (tertiary/aromatic N) is 4. The molecule has 76 heavy (non-hydrogen) atoms. The van der Waals surface area contributed by atoms with Gasteiger partial charge in [-0.1, -0.05) is 28.8 Å². The number of likely N-dealkylation sites (tertiary alicyclic amines) is 2. The number of hydrogen-bond donors (Lipinski definition) is 4. The molecule has 6 atom stereocenters. The number of aromatic amines is 2. The normalized spacial score (nSPS) is 20.9. The molecule has 0 radical (unpaired) electrons. The van der Waals surface area contributed by atoms with Gasteiger partial charge < -0.3 is 44.6 Å². The van der Waals surface area contributed by atoms with E-state index in [1.54, 1.807) is 0 Å². The smallest absolute Gasteiger partial charge is 0.407 e. The van der Waals surface area contributed by atoms with Crippen molar-refractivity contribution in [1.29, 1.82) is 0 Å². The summed E-state index contributed by atoms with van der Waals surface area (Å²) in [6.45, 7) is 4.50. The highest BCUT2D eigenvalue weighted by Gasteiger charge is 2.64. The number of carbonyl (C=O) groups is 4. The number of methoxy groups -OCH3 is 2. The van der Waals surface area contributed by atoms with E-state index in [0.29, 0.717) is 31.1 Å². The number of ether oxygens (including phenoxy) is 3. The van der Waals surface area contributed by atoms with E-state index >= 15 is 9.59 Å². The lowest BCUT2D eigenvalue weighted by molar-refractivity contribution is -0.140. The maximum atomic E-state index is 15.5. The van der Waals surface area contributed by atoms with Crippen LogP contribution in [0.4, 0.5) is 9.59 Å². The predicted molar refractivity (Wildman–Crippen MR) is 347 cm³/mol. The summed E-state index contributed by atoms with van der Waals surface area (Å²) in [6.07, 6.45) is 3.53. The van der Waals surface area contributed by atoms with Gasteiger partial charge in [0.05, 0.1) is 154 Å². The standard InChI is InChI=1S/C45H70B16N8O7/c1-18-5-11-28(68(18)34(70)38(46,66-36(72)74-3)40(48,42(50,51)52)43(53,54)55)32-62-16-27(64-32)21-7-9-23-22(13-21)17-76-30-15-24-20(14-25(23)30)8-10-26-31(24)65-33(63-26)29-12-6-19(2)69(29)35(71)39(47,67-37(73)75-4)41(49,44(56,57)58)45(59,60)61/h7-10,13-16,18-19,28-29H,5-6,11-12,17,46-61H2,1-4H3,(H,62,64)(H,63,65)(H,66,72)(H,67,73)/t18-,19-,28-,29-,38+,39+/m0/s1. The van der Waals surface area contributed by atoms with Crippen LogP contribution in [-0.4, -0.2) is 216 Å². The number of alkyl carbamates (subject to hydrolysis) is 2. The number of fused-ring (bicyclic) bond motifs is 6. The third-order valence-electron chi connectivity index (χ3n) is 19.6. The van der Waals surface area contributed by atoms with E-state index in [4.69, 9.17) is 24.2 Å². The maximum absolute atomic E-state index is 15.5. The lowest BCUT2D eigenvalue weighted by Crippen LogP contribution is -2.72. The summed E-state index contributed by atoms with van der Waals surface area (Å²) in [5, 5.41) is 5.00. The Morgan fingerprint density at radius 3 is 1.62 bits per heavy atom. The molecule has 0 saturated carbocycles. The zero-order valence-electron chi connectivity index (χ0n) is 49.1. The molecule has 3 aliphatic heterocycles. The Morgan fingerprint density at radius 2 is 1.13 bits per heavy atom. The van der Waals surface area contributed by atoms with Crippen LogP contribution in [0.5, 0.6) is 5.75 Å². The van der Waals surface area contributed by atoms with Gasteiger partial charge in [-0.05, 0) is 85.9 Å². The summed E-state index contributed by atoms with van der Waals surface area (Å²) < 4.78 is 16.9. The minimum absolute atomic E-state index is 0.0985. The van der Waals surface area contributed by atoms with E-state index in [-0.39, 0.29) is 36.0 Å². The predicted octanol–water partition coefficient (Wildman–Crippen LogP) is -8.38. The highest BCUT2D eigenvalue weighted by Crippen LogP contribution is 2.63.